The molecule has 76 valence electrons. The molecule has 3 fully saturated rings. The van der Waals surface area contributed by atoms with Crippen LogP contribution in [0.2, 0.25) is 0 Å². The lowest BCUT2D eigenvalue weighted by molar-refractivity contribution is -0.0725. The summed E-state index contributed by atoms with van der Waals surface area (Å²) in [7, 11) is 2.14. The van der Waals surface area contributed by atoms with Crippen molar-refractivity contribution in [3.05, 3.63) is 0 Å². The van der Waals surface area contributed by atoms with Gasteiger partial charge in [0.25, 0.3) is 0 Å². The van der Waals surface area contributed by atoms with Crippen LogP contribution in [0.15, 0.2) is 0 Å². The van der Waals surface area contributed by atoms with Crippen molar-refractivity contribution in [2.45, 2.75) is 52.0 Å². The molecule has 3 rings (SSSR count). The van der Waals surface area contributed by atoms with Crippen LogP contribution in [0.1, 0.15) is 46.5 Å². The van der Waals surface area contributed by atoms with Crippen LogP contribution in [-0.4, -0.2) is 12.6 Å². The molecule has 0 saturated heterocycles. The van der Waals surface area contributed by atoms with E-state index in [2.05, 4.69) is 33.1 Å². The van der Waals surface area contributed by atoms with Gasteiger partial charge in [-0.25, -0.2) is 0 Å². The smallest absolute Gasteiger partial charge is 0.0232 e. The Balaban J connectivity index is 2.35. The molecule has 0 spiro atoms. The first kappa shape index (κ1) is 9.51. The summed E-state index contributed by atoms with van der Waals surface area (Å²) in [5, 5.41) is 3.60. The molecule has 0 heterocycles. The van der Waals surface area contributed by atoms with E-state index >= 15 is 0 Å². The molecule has 2 bridgehead atoms. The Bertz CT molecular complexity index is 201. The number of hydrogen-bond acceptors (Lipinski definition) is 1. The molecule has 0 amide bonds. The second kappa shape index (κ2) is 2.73. The second-order valence-corrected chi connectivity index (χ2v) is 5.72. The van der Waals surface area contributed by atoms with Gasteiger partial charge in [-0.15, -0.1) is 0 Å². The highest BCUT2D eigenvalue weighted by molar-refractivity contribution is 5.10. The highest BCUT2D eigenvalue weighted by atomic mass is 15.0. The van der Waals surface area contributed by atoms with E-state index in [1.54, 1.807) is 0 Å². The molecule has 3 saturated carbocycles. The summed E-state index contributed by atoms with van der Waals surface area (Å²) in [4.78, 5) is 0. The molecule has 1 atom stereocenters. The molecule has 3 aliphatic rings. The molecule has 0 radical (unpaired) electrons. The molecular formula is C12H23N. The molecular weight excluding hydrogens is 158 g/mol. The monoisotopic (exact) mass is 181 g/mol. The van der Waals surface area contributed by atoms with Crippen LogP contribution >= 0.6 is 0 Å². The van der Waals surface area contributed by atoms with E-state index < -0.39 is 0 Å². The first-order valence-corrected chi connectivity index (χ1v) is 5.71. The molecule has 1 nitrogen and oxygen atoms in total. The van der Waals surface area contributed by atoms with E-state index in [0.29, 0.717) is 11.0 Å². The Morgan fingerprint density at radius 3 is 1.69 bits per heavy atom. The van der Waals surface area contributed by atoms with Gasteiger partial charge in [0.2, 0.25) is 0 Å². The van der Waals surface area contributed by atoms with Gasteiger partial charge in [-0.2, -0.15) is 0 Å². The summed E-state index contributed by atoms with van der Waals surface area (Å²) in [5.74, 6) is 1.87. The number of rotatable bonds is 1. The van der Waals surface area contributed by atoms with Gasteiger partial charge in [0.15, 0.2) is 0 Å². The quantitative estimate of drug-likeness (QED) is 0.656. The van der Waals surface area contributed by atoms with Crippen LogP contribution in [0.4, 0.5) is 0 Å². The predicted octanol–water partition coefficient (Wildman–Crippen LogP) is 2.81. The van der Waals surface area contributed by atoms with E-state index in [4.69, 9.17) is 0 Å². The maximum atomic E-state index is 3.60. The van der Waals surface area contributed by atoms with Crippen molar-refractivity contribution in [2.75, 3.05) is 7.05 Å². The van der Waals surface area contributed by atoms with Gasteiger partial charge < -0.3 is 5.32 Å². The fourth-order valence-corrected chi connectivity index (χ4v) is 3.87. The van der Waals surface area contributed by atoms with Crippen LogP contribution in [0.5, 0.6) is 0 Å². The van der Waals surface area contributed by atoms with E-state index in [0.717, 1.165) is 11.8 Å². The Hall–Kier alpha value is -0.0400. The number of fused-ring (bicyclic) bond motifs is 3. The largest absolute Gasteiger partial charge is 0.314 e. The lowest BCUT2D eigenvalue weighted by atomic mass is 9.48. The predicted molar refractivity (Wildman–Crippen MR) is 56.7 cm³/mol. The van der Waals surface area contributed by atoms with Gasteiger partial charge in [-0.05, 0) is 56.9 Å². The molecule has 1 N–H and O–H groups in total. The zero-order valence-electron chi connectivity index (χ0n) is 9.48. The van der Waals surface area contributed by atoms with Gasteiger partial charge >= 0.3 is 0 Å². The van der Waals surface area contributed by atoms with Crippen molar-refractivity contribution >= 4 is 0 Å². The highest BCUT2D eigenvalue weighted by Gasteiger charge is 2.55. The van der Waals surface area contributed by atoms with Crippen molar-refractivity contribution in [1.29, 1.82) is 0 Å². The topological polar surface area (TPSA) is 12.0 Å². The van der Waals surface area contributed by atoms with Crippen molar-refractivity contribution in [2.24, 2.45) is 17.3 Å². The van der Waals surface area contributed by atoms with E-state index in [1.807, 2.05) is 0 Å². The average molecular weight is 181 g/mol. The standard InChI is InChI=1S/C12H23N/c1-11(2)9-5-7-10(8-6-9)12(11,3)13-4/h9-10,13H,5-8H2,1-4H3. The summed E-state index contributed by atoms with van der Waals surface area (Å²) in [6, 6.07) is 0. The molecule has 1 heteroatoms. The van der Waals surface area contributed by atoms with E-state index in [-0.39, 0.29) is 0 Å². The summed E-state index contributed by atoms with van der Waals surface area (Å²) in [6.45, 7) is 7.35. The fourth-order valence-electron chi connectivity index (χ4n) is 3.87. The van der Waals surface area contributed by atoms with Crippen LogP contribution in [0.3, 0.4) is 0 Å². The fraction of sp³-hybridized carbons (Fsp3) is 1.00. The Morgan fingerprint density at radius 1 is 0.923 bits per heavy atom. The first-order chi connectivity index (χ1) is 6.02. The van der Waals surface area contributed by atoms with Gasteiger partial charge in [-0.3, -0.25) is 0 Å². The van der Waals surface area contributed by atoms with E-state index in [1.165, 1.54) is 25.7 Å². The van der Waals surface area contributed by atoms with Crippen LogP contribution in [0.25, 0.3) is 0 Å². The van der Waals surface area contributed by atoms with Gasteiger partial charge in [0, 0.05) is 5.54 Å². The number of hydrogen-bond donors (Lipinski definition) is 1. The highest BCUT2D eigenvalue weighted by Crippen LogP contribution is 2.57. The third-order valence-corrected chi connectivity index (χ3v) is 5.42. The van der Waals surface area contributed by atoms with Crippen molar-refractivity contribution in [3.8, 4) is 0 Å². The normalized spacial score (nSPS) is 48.0. The summed E-state index contributed by atoms with van der Waals surface area (Å²) in [6.07, 6.45) is 5.83. The molecule has 0 aromatic heterocycles. The average Bonchev–Trinajstić information content (AvgIpc) is 2.14. The second-order valence-electron chi connectivity index (χ2n) is 5.72. The maximum Gasteiger partial charge on any atom is 0.0232 e. The summed E-state index contributed by atoms with van der Waals surface area (Å²) >= 11 is 0. The molecule has 0 aromatic carbocycles. The van der Waals surface area contributed by atoms with Crippen molar-refractivity contribution < 1.29 is 0 Å². The van der Waals surface area contributed by atoms with Gasteiger partial charge in [0.05, 0.1) is 0 Å². The van der Waals surface area contributed by atoms with Gasteiger partial charge in [-0.1, -0.05) is 13.8 Å². The Kier molecular flexibility index (Phi) is 1.99. The zero-order valence-corrected chi connectivity index (χ0v) is 9.48. The van der Waals surface area contributed by atoms with Crippen LogP contribution in [-0.2, 0) is 0 Å². The van der Waals surface area contributed by atoms with Crippen LogP contribution < -0.4 is 5.32 Å². The lowest BCUT2D eigenvalue weighted by Gasteiger charge is -2.61. The SMILES string of the molecule is CNC1(C)C2CCC(CC2)C1(C)C. The van der Waals surface area contributed by atoms with E-state index in [9.17, 15) is 0 Å². The third kappa shape index (κ3) is 1.03. The molecule has 0 aliphatic heterocycles. The minimum Gasteiger partial charge on any atom is -0.314 e. The minimum absolute atomic E-state index is 0.383. The van der Waals surface area contributed by atoms with Crippen molar-refractivity contribution in [3.63, 3.8) is 0 Å². The Morgan fingerprint density at radius 2 is 1.38 bits per heavy atom. The number of nitrogens with one attached hydrogen (secondary N) is 1. The lowest BCUT2D eigenvalue weighted by Crippen LogP contribution is -2.65. The third-order valence-electron chi connectivity index (χ3n) is 5.42. The molecule has 13 heavy (non-hydrogen) atoms. The van der Waals surface area contributed by atoms with Gasteiger partial charge in [0.1, 0.15) is 0 Å². The van der Waals surface area contributed by atoms with Crippen molar-refractivity contribution in [1.82, 2.24) is 5.32 Å². The molecule has 1 unspecified atom stereocenters. The molecule has 3 aliphatic carbocycles. The minimum atomic E-state index is 0.383. The Labute approximate surface area is 82.3 Å². The zero-order chi connectivity index (χ0) is 9.69. The summed E-state index contributed by atoms with van der Waals surface area (Å²) < 4.78 is 0. The molecule has 0 aromatic rings. The summed E-state index contributed by atoms with van der Waals surface area (Å²) in [5.41, 5.74) is 0.872. The maximum absolute atomic E-state index is 3.60. The van der Waals surface area contributed by atoms with Crippen LogP contribution in [0, 0.1) is 17.3 Å². The first-order valence-electron chi connectivity index (χ1n) is 5.71.